The van der Waals surface area contributed by atoms with Gasteiger partial charge in [0, 0.05) is 16.7 Å². The van der Waals surface area contributed by atoms with E-state index in [0.717, 1.165) is 5.56 Å². The standard InChI is InChI=1S/C18H13Cl2N3O3/c1-10-3-5-13(6-4-10)22-18(24)14(11(2)21-22)7-12-8-17(23(25)26)16(20)9-15(12)19/h3-9H,1-2H3. The monoisotopic (exact) mass is 389 g/mol. The average Bonchev–Trinajstić information content (AvgIpc) is 2.85. The summed E-state index contributed by atoms with van der Waals surface area (Å²) >= 11 is 12.0. The van der Waals surface area contributed by atoms with E-state index in [0.29, 0.717) is 22.5 Å². The van der Waals surface area contributed by atoms with E-state index in [1.54, 1.807) is 19.1 Å². The molecule has 0 fully saturated rings. The lowest BCUT2D eigenvalue weighted by atomic mass is 10.1. The zero-order valence-electron chi connectivity index (χ0n) is 13.9. The van der Waals surface area contributed by atoms with Gasteiger partial charge in [-0.3, -0.25) is 14.9 Å². The van der Waals surface area contributed by atoms with Gasteiger partial charge in [0.1, 0.15) is 5.02 Å². The molecule has 26 heavy (non-hydrogen) atoms. The number of benzene rings is 2. The van der Waals surface area contributed by atoms with Crippen molar-refractivity contribution >= 4 is 52.3 Å². The Morgan fingerprint density at radius 2 is 1.77 bits per heavy atom. The Balaban J connectivity index is 2.01. The van der Waals surface area contributed by atoms with E-state index in [2.05, 4.69) is 5.10 Å². The van der Waals surface area contributed by atoms with Crippen molar-refractivity contribution in [3.63, 3.8) is 0 Å². The Hall–Kier alpha value is -2.70. The van der Waals surface area contributed by atoms with Gasteiger partial charge in [-0.25, -0.2) is 0 Å². The number of amides is 1. The van der Waals surface area contributed by atoms with Crippen LogP contribution in [0, 0.1) is 17.0 Å². The van der Waals surface area contributed by atoms with Gasteiger partial charge >= 0.3 is 0 Å². The van der Waals surface area contributed by atoms with Crippen molar-refractivity contribution in [3.8, 4) is 0 Å². The van der Waals surface area contributed by atoms with Crippen molar-refractivity contribution in [3.05, 3.63) is 73.3 Å². The van der Waals surface area contributed by atoms with Crippen molar-refractivity contribution in [1.82, 2.24) is 0 Å². The maximum atomic E-state index is 12.7. The molecule has 8 heteroatoms. The third-order valence-corrected chi connectivity index (χ3v) is 4.53. The number of nitrogens with zero attached hydrogens (tertiary/aromatic N) is 3. The number of hydrogen-bond donors (Lipinski definition) is 0. The zero-order valence-corrected chi connectivity index (χ0v) is 15.4. The minimum atomic E-state index is -0.601. The molecule has 0 saturated carbocycles. The molecule has 1 heterocycles. The smallest absolute Gasteiger partial charge is 0.267 e. The Labute approximate surface area is 159 Å². The number of aryl methyl sites for hydroxylation is 1. The van der Waals surface area contributed by atoms with Crippen LogP contribution < -0.4 is 5.01 Å². The van der Waals surface area contributed by atoms with Crippen LogP contribution in [-0.4, -0.2) is 16.5 Å². The lowest BCUT2D eigenvalue weighted by Crippen LogP contribution is -2.21. The summed E-state index contributed by atoms with van der Waals surface area (Å²) in [6.45, 7) is 3.64. The summed E-state index contributed by atoms with van der Waals surface area (Å²) < 4.78 is 0. The van der Waals surface area contributed by atoms with Gasteiger partial charge in [0.2, 0.25) is 0 Å². The van der Waals surface area contributed by atoms with E-state index in [9.17, 15) is 14.9 Å². The molecule has 0 N–H and O–H groups in total. The number of rotatable bonds is 3. The summed E-state index contributed by atoms with van der Waals surface area (Å²) in [5.41, 5.74) is 2.55. The Kier molecular flexibility index (Phi) is 4.80. The molecule has 1 amide bonds. The molecule has 1 aliphatic heterocycles. The minimum Gasteiger partial charge on any atom is -0.267 e. The molecular weight excluding hydrogens is 377 g/mol. The van der Waals surface area contributed by atoms with E-state index in [1.165, 1.54) is 23.2 Å². The van der Waals surface area contributed by atoms with Gasteiger partial charge in [-0.15, -0.1) is 0 Å². The highest BCUT2D eigenvalue weighted by molar-refractivity contribution is 6.37. The predicted octanol–water partition coefficient (Wildman–Crippen LogP) is 5.02. The van der Waals surface area contributed by atoms with E-state index in [4.69, 9.17) is 23.2 Å². The van der Waals surface area contributed by atoms with Crippen molar-refractivity contribution in [1.29, 1.82) is 0 Å². The molecule has 0 saturated heterocycles. The fourth-order valence-electron chi connectivity index (χ4n) is 2.51. The van der Waals surface area contributed by atoms with Crippen LogP contribution in [0.3, 0.4) is 0 Å². The molecular formula is C18H13Cl2N3O3. The van der Waals surface area contributed by atoms with Gasteiger partial charge in [-0.2, -0.15) is 10.1 Å². The van der Waals surface area contributed by atoms with Crippen LogP contribution in [0.15, 0.2) is 47.1 Å². The summed E-state index contributed by atoms with van der Waals surface area (Å²) in [5, 5.41) is 16.8. The quantitative estimate of drug-likeness (QED) is 0.420. The number of carbonyl (C=O) groups is 1. The lowest BCUT2D eigenvalue weighted by Gasteiger charge is -2.11. The van der Waals surface area contributed by atoms with E-state index >= 15 is 0 Å². The summed E-state index contributed by atoms with van der Waals surface area (Å²) in [7, 11) is 0. The largest absolute Gasteiger partial charge is 0.288 e. The maximum absolute atomic E-state index is 12.7. The normalized spacial score (nSPS) is 15.5. The van der Waals surface area contributed by atoms with Gasteiger partial charge in [-0.05, 0) is 38.1 Å². The molecule has 0 bridgehead atoms. The molecule has 3 rings (SSSR count). The third kappa shape index (κ3) is 3.34. The molecule has 0 unspecified atom stereocenters. The highest BCUT2D eigenvalue weighted by Crippen LogP contribution is 2.33. The molecule has 0 aromatic heterocycles. The maximum Gasteiger partial charge on any atom is 0.288 e. The van der Waals surface area contributed by atoms with Crippen LogP contribution in [0.5, 0.6) is 0 Å². The number of hydrazone groups is 1. The zero-order chi connectivity index (χ0) is 19.0. The minimum absolute atomic E-state index is 0.0634. The average molecular weight is 390 g/mol. The van der Waals surface area contributed by atoms with Crippen molar-refractivity contribution in [2.45, 2.75) is 13.8 Å². The number of carbonyl (C=O) groups excluding carboxylic acids is 1. The SMILES string of the molecule is CC1=NN(c2ccc(C)cc2)C(=O)C1=Cc1cc([N+](=O)[O-])c(Cl)cc1Cl. The predicted molar refractivity (Wildman–Crippen MR) is 103 cm³/mol. The summed E-state index contributed by atoms with van der Waals surface area (Å²) in [6.07, 6.45) is 1.49. The first-order valence-corrected chi connectivity index (χ1v) is 8.35. The number of halogens is 2. The molecule has 6 nitrogen and oxygen atoms in total. The molecule has 132 valence electrons. The Morgan fingerprint density at radius 3 is 2.38 bits per heavy atom. The first-order valence-electron chi connectivity index (χ1n) is 7.60. The molecule has 2 aromatic carbocycles. The van der Waals surface area contributed by atoms with Crippen LogP contribution in [0.2, 0.25) is 10.0 Å². The highest BCUT2D eigenvalue weighted by Gasteiger charge is 2.29. The molecule has 2 aromatic rings. The van der Waals surface area contributed by atoms with Gasteiger partial charge < -0.3 is 0 Å². The van der Waals surface area contributed by atoms with E-state index in [1.807, 2.05) is 19.1 Å². The Bertz CT molecular complexity index is 982. The topological polar surface area (TPSA) is 75.8 Å². The van der Waals surface area contributed by atoms with E-state index in [-0.39, 0.29) is 21.6 Å². The molecule has 0 radical (unpaired) electrons. The summed E-state index contributed by atoms with van der Waals surface area (Å²) in [5.74, 6) is -0.333. The number of nitro benzene ring substituents is 1. The summed E-state index contributed by atoms with van der Waals surface area (Å²) in [4.78, 5) is 23.2. The van der Waals surface area contributed by atoms with Crippen LogP contribution in [0.4, 0.5) is 11.4 Å². The summed E-state index contributed by atoms with van der Waals surface area (Å²) in [6, 6.07) is 9.90. The van der Waals surface area contributed by atoms with Gasteiger partial charge in [0.05, 0.1) is 21.9 Å². The highest BCUT2D eigenvalue weighted by atomic mass is 35.5. The third-order valence-electron chi connectivity index (χ3n) is 3.90. The number of anilines is 1. The second-order valence-corrected chi connectivity index (χ2v) is 6.59. The Morgan fingerprint density at radius 1 is 1.12 bits per heavy atom. The van der Waals surface area contributed by atoms with Crippen molar-refractivity contribution < 1.29 is 9.72 Å². The first kappa shape index (κ1) is 18.1. The molecule has 0 atom stereocenters. The first-order chi connectivity index (χ1) is 12.3. The number of nitro groups is 1. The van der Waals surface area contributed by atoms with Gasteiger partial charge in [0.15, 0.2) is 0 Å². The second-order valence-electron chi connectivity index (χ2n) is 5.78. The van der Waals surface area contributed by atoms with Crippen molar-refractivity contribution in [2.75, 3.05) is 5.01 Å². The van der Waals surface area contributed by atoms with Gasteiger partial charge in [-0.1, -0.05) is 40.9 Å². The van der Waals surface area contributed by atoms with Crippen LogP contribution in [-0.2, 0) is 4.79 Å². The molecule has 0 aliphatic carbocycles. The van der Waals surface area contributed by atoms with Crippen LogP contribution in [0.25, 0.3) is 6.08 Å². The van der Waals surface area contributed by atoms with E-state index < -0.39 is 4.92 Å². The van der Waals surface area contributed by atoms with Crippen LogP contribution >= 0.6 is 23.2 Å². The van der Waals surface area contributed by atoms with Crippen LogP contribution in [0.1, 0.15) is 18.1 Å². The van der Waals surface area contributed by atoms with Crippen molar-refractivity contribution in [2.24, 2.45) is 5.10 Å². The second kappa shape index (κ2) is 6.90. The fourth-order valence-corrected chi connectivity index (χ4v) is 3.01. The fraction of sp³-hybridized carbons (Fsp3) is 0.111. The molecule has 0 spiro atoms. The number of hydrogen-bond acceptors (Lipinski definition) is 4. The van der Waals surface area contributed by atoms with Gasteiger partial charge in [0.25, 0.3) is 11.6 Å². The lowest BCUT2D eigenvalue weighted by molar-refractivity contribution is -0.384. The molecule has 1 aliphatic rings.